The summed E-state index contributed by atoms with van der Waals surface area (Å²) in [4.78, 5) is 6.48. The van der Waals surface area contributed by atoms with Gasteiger partial charge in [-0.05, 0) is 26.9 Å². The smallest absolute Gasteiger partial charge is 0.140 e. The van der Waals surface area contributed by atoms with Gasteiger partial charge >= 0.3 is 0 Å². The van der Waals surface area contributed by atoms with Gasteiger partial charge in [0, 0.05) is 19.1 Å². The minimum atomic E-state index is 0.479. The molecule has 0 aromatic carbocycles. The van der Waals surface area contributed by atoms with E-state index in [1.807, 2.05) is 4.68 Å². The van der Waals surface area contributed by atoms with Crippen molar-refractivity contribution in [3.05, 3.63) is 12.2 Å². The second-order valence-electron chi connectivity index (χ2n) is 4.99. The molecule has 1 rings (SSSR count). The fraction of sp³-hybridized carbons (Fsp3) is 0.833. The van der Waals surface area contributed by atoms with Crippen molar-refractivity contribution in [1.29, 1.82) is 0 Å². The average molecular weight is 239 g/mol. The largest absolute Gasteiger partial charge is 0.308 e. The quantitative estimate of drug-likeness (QED) is 0.770. The van der Waals surface area contributed by atoms with Crippen molar-refractivity contribution in [2.45, 2.75) is 39.9 Å². The van der Waals surface area contributed by atoms with Gasteiger partial charge in [-0.3, -0.25) is 0 Å². The van der Waals surface area contributed by atoms with Crippen LogP contribution in [0.25, 0.3) is 0 Å². The van der Waals surface area contributed by atoms with Crippen LogP contribution in [0.2, 0.25) is 0 Å². The highest BCUT2D eigenvalue weighted by molar-refractivity contribution is 4.85. The number of likely N-dealkylation sites (N-methyl/N-ethyl adjacent to an activating group) is 1. The summed E-state index contributed by atoms with van der Waals surface area (Å²) in [7, 11) is 4.21. The lowest BCUT2D eigenvalue weighted by Crippen LogP contribution is -2.42. The fourth-order valence-electron chi connectivity index (χ4n) is 1.82. The molecule has 0 amide bonds. The van der Waals surface area contributed by atoms with E-state index in [1.165, 1.54) is 0 Å². The van der Waals surface area contributed by atoms with E-state index in [-0.39, 0.29) is 0 Å². The second kappa shape index (κ2) is 6.71. The Bertz CT molecular complexity index is 318. The van der Waals surface area contributed by atoms with Crippen LogP contribution in [0.4, 0.5) is 0 Å². The highest BCUT2D eigenvalue weighted by Gasteiger charge is 2.14. The minimum absolute atomic E-state index is 0.479. The highest BCUT2D eigenvalue weighted by atomic mass is 15.3. The Hall–Kier alpha value is -0.940. The van der Waals surface area contributed by atoms with Crippen LogP contribution in [0, 0.1) is 5.92 Å². The Labute approximate surface area is 104 Å². The van der Waals surface area contributed by atoms with Crippen molar-refractivity contribution in [2.24, 2.45) is 5.92 Å². The first-order chi connectivity index (χ1) is 8.04. The summed E-state index contributed by atoms with van der Waals surface area (Å²) >= 11 is 0. The topological polar surface area (TPSA) is 46.0 Å². The van der Waals surface area contributed by atoms with Crippen molar-refractivity contribution < 1.29 is 0 Å². The Morgan fingerprint density at radius 3 is 2.65 bits per heavy atom. The molecule has 5 heteroatoms. The number of aryl methyl sites for hydroxylation is 1. The molecule has 0 aliphatic heterocycles. The number of hydrogen-bond acceptors (Lipinski definition) is 4. The summed E-state index contributed by atoms with van der Waals surface area (Å²) in [5, 5.41) is 7.74. The Morgan fingerprint density at radius 2 is 2.12 bits per heavy atom. The molecule has 0 radical (unpaired) electrons. The van der Waals surface area contributed by atoms with Gasteiger partial charge in [0.2, 0.25) is 0 Å². The van der Waals surface area contributed by atoms with Gasteiger partial charge in [-0.1, -0.05) is 13.8 Å². The molecule has 5 nitrogen and oxygen atoms in total. The molecule has 0 spiro atoms. The monoisotopic (exact) mass is 239 g/mol. The van der Waals surface area contributed by atoms with Gasteiger partial charge in [0.15, 0.2) is 0 Å². The molecule has 0 aliphatic rings. The molecule has 0 saturated heterocycles. The molecule has 0 bridgehead atoms. The number of nitrogens with zero attached hydrogens (tertiary/aromatic N) is 4. The lowest BCUT2D eigenvalue weighted by atomic mass is 10.0. The molecule has 0 saturated carbocycles. The molecule has 1 heterocycles. The maximum Gasteiger partial charge on any atom is 0.140 e. The van der Waals surface area contributed by atoms with Crippen LogP contribution in [-0.2, 0) is 13.1 Å². The molecule has 1 unspecified atom stereocenters. The summed E-state index contributed by atoms with van der Waals surface area (Å²) in [5.74, 6) is 1.62. The van der Waals surface area contributed by atoms with E-state index in [9.17, 15) is 0 Å². The van der Waals surface area contributed by atoms with Crippen LogP contribution in [0.1, 0.15) is 26.6 Å². The van der Waals surface area contributed by atoms with Gasteiger partial charge in [0.25, 0.3) is 0 Å². The van der Waals surface area contributed by atoms with Crippen LogP contribution in [0.3, 0.4) is 0 Å². The first kappa shape index (κ1) is 14.1. The Kier molecular flexibility index (Phi) is 5.58. The normalized spacial score (nSPS) is 13.6. The standard InChI is InChI=1S/C12H25N5/c1-6-17-12(14-9-15-17)7-13-11(10(2)3)8-16(4)5/h9-11,13H,6-8H2,1-5H3. The van der Waals surface area contributed by atoms with Crippen molar-refractivity contribution in [3.8, 4) is 0 Å². The molecule has 1 aromatic heterocycles. The fourth-order valence-corrected chi connectivity index (χ4v) is 1.82. The maximum absolute atomic E-state index is 4.27. The van der Waals surface area contributed by atoms with Gasteiger partial charge in [-0.15, -0.1) is 0 Å². The zero-order valence-corrected chi connectivity index (χ0v) is 11.6. The minimum Gasteiger partial charge on any atom is -0.308 e. The predicted molar refractivity (Wildman–Crippen MR) is 69.7 cm³/mol. The number of hydrogen-bond donors (Lipinski definition) is 1. The third-order valence-corrected chi connectivity index (χ3v) is 2.88. The number of rotatable bonds is 7. The molecule has 17 heavy (non-hydrogen) atoms. The van der Waals surface area contributed by atoms with E-state index >= 15 is 0 Å². The molecular formula is C12H25N5. The zero-order valence-electron chi connectivity index (χ0n) is 11.6. The van der Waals surface area contributed by atoms with Gasteiger partial charge in [-0.2, -0.15) is 5.10 Å². The maximum atomic E-state index is 4.27. The molecular weight excluding hydrogens is 214 g/mol. The third-order valence-electron chi connectivity index (χ3n) is 2.88. The molecule has 0 fully saturated rings. The van der Waals surface area contributed by atoms with Crippen LogP contribution in [-0.4, -0.2) is 46.3 Å². The Balaban J connectivity index is 2.51. The van der Waals surface area contributed by atoms with Crippen molar-refractivity contribution >= 4 is 0 Å². The van der Waals surface area contributed by atoms with Crippen LogP contribution < -0.4 is 5.32 Å². The highest BCUT2D eigenvalue weighted by Crippen LogP contribution is 2.04. The van der Waals surface area contributed by atoms with E-state index < -0.39 is 0 Å². The van der Waals surface area contributed by atoms with Gasteiger partial charge in [0.1, 0.15) is 12.2 Å². The molecule has 1 aromatic rings. The van der Waals surface area contributed by atoms with E-state index in [0.29, 0.717) is 12.0 Å². The molecule has 1 atom stereocenters. The summed E-state index contributed by atoms with van der Waals surface area (Å²) < 4.78 is 1.93. The van der Waals surface area contributed by atoms with Gasteiger partial charge in [-0.25, -0.2) is 9.67 Å². The Morgan fingerprint density at radius 1 is 1.41 bits per heavy atom. The van der Waals surface area contributed by atoms with Crippen LogP contribution >= 0.6 is 0 Å². The summed E-state index contributed by atoms with van der Waals surface area (Å²) in [6.07, 6.45) is 1.62. The summed E-state index contributed by atoms with van der Waals surface area (Å²) in [6, 6.07) is 0.479. The van der Waals surface area contributed by atoms with Crippen molar-refractivity contribution in [1.82, 2.24) is 25.0 Å². The molecule has 98 valence electrons. The number of aromatic nitrogens is 3. The van der Waals surface area contributed by atoms with E-state index in [0.717, 1.165) is 25.5 Å². The first-order valence-corrected chi connectivity index (χ1v) is 6.29. The SMILES string of the molecule is CCn1ncnc1CNC(CN(C)C)C(C)C. The summed E-state index contributed by atoms with van der Waals surface area (Å²) in [5.41, 5.74) is 0. The molecule has 1 N–H and O–H groups in total. The zero-order chi connectivity index (χ0) is 12.8. The first-order valence-electron chi connectivity index (χ1n) is 6.29. The second-order valence-corrected chi connectivity index (χ2v) is 4.99. The van der Waals surface area contributed by atoms with E-state index in [1.54, 1.807) is 6.33 Å². The lowest BCUT2D eigenvalue weighted by Gasteiger charge is -2.25. The van der Waals surface area contributed by atoms with E-state index in [4.69, 9.17) is 0 Å². The summed E-state index contributed by atoms with van der Waals surface area (Å²) in [6.45, 7) is 9.26. The average Bonchev–Trinajstić information content (AvgIpc) is 2.70. The van der Waals surface area contributed by atoms with Gasteiger partial charge < -0.3 is 10.2 Å². The van der Waals surface area contributed by atoms with Crippen LogP contribution in [0.15, 0.2) is 6.33 Å². The predicted octanol–water partition coefficient (Wildman–Crippen LogP) is 0.974. The van der Waals surface area contributed by atoms with Crippen molar-refractivity contribution in [2.75, 3.05) is 20.6 Å². The molecule has 0 aliphatic carbocycles. The van der Waals surface area contributed by atoms with Crippen molar-refractivity contribution in [3.63, 3.8) is 0 Å². The van der Waals surface area contributed by atoms with Crippen LogP contribution in [0.5, 0.6) is 0 Å². The van der Waals surface area contributed by atoms with Gasteiger partial charge in [0.05, 0.1) is 6.54 Å². The lowest BCUT2D eigenvalue weighted by molar-refractivity contribution is 0.285. The number of nitrogens with one attached hydrogen (secondary N) is 1. The van der Waals surface area contributed by atoms with E-state index in [2.05, 4.69) is 55.2 Å². The third kappa shape index (κ3) is 4.44.